The summed E-state index contributed by atoms with van der Waals surface area (Å²) < 4.78 is 15.7. The molecule has 39 heavy (non-hydrogen) atoms. The molecule has 2 aliphatic rings. The van der Waals surface area contributed by atoms with Crippen molar-refractivity contribution in [2.75, 3.05) is 26.2 Å². The van der Waals surface area contributed by atoms with Gasteiger partial charge in [0.2, 0.25) is 0 Å². The zero-order valence-electron chi connectivity index (χ0n) is 22.3. The van der Waals surface area contributed by atoms with Gasteiger partial charge < -0.3 is 14.2 Å². The highest BCUT2D eigenvalue weighted by Gasteiger charge is 2.45. The summed E-state index contributed by atoms with van der Waals surface area (Å²) in [7, 11) is 4.12. The number of esters is 2. The molecule has 2 aliphatic heterocycles. The van der Waals surface area contributed by atoms with Gasteiger partial charge in [0.05, 0.1) is 41.7 Å². The second-order valence-corrected chi connectivity index (χ2v) is 11.9. The number of ether oxygens (including phenoxy) is 3. The van der Waals surface area contributed by atoms with Gasteiger partial charge in [-0.2, -0.15) is 0 Å². The standard InChI is InChI=1S/C29H27NO6S3/c1-16-7-13-19-20(15-16)30(21(31)14-10-17-8-11-18(34-4)12-9-17)29(2,3)25(37)22(19)28-38-23(26(32)35-5)24(39-28)27(33)36-6/h7-15H,1-6H3/b14-10-. The van der Waals surface area contributed by atoms with Crippen molar-refractivity contribution in [1.29, 1.82) is 0 Å². The van der Waals surface area contributed by atoms with Crippen LogP contribution in [0.25, 0.3) is 11.6 Å². The first kappa shape index (κ1) is 28.7. The fourth-order valence-electron chi connectivity index (χ4n) is 4.28. The Balaban J connectivity index is 1.80. The second kappa shape index (κ2) is 11.4. The number of hydrogen-bond donors (Lipinski definition) is 0. The van der Waals surface area contributed by atoms with E-state index in [1.807, 2.05) is 63.2 Å². The molecular weight excluding hydrogens is 555 g/mol. The zero-order valence-corrected chi connectivity index (χ0v) is 24.8. The van der Waals surface area contributed by atoms with Crippen LogP contribution in [-0.4, -0.2) is 49.6 Å². The number of nitrogens with zero attached hydrogens (tertiary/aromatic N) is 1. The minimum Gasteiger partial charge on any atom is -0.497 e. The van der Waals surface area contributed by atoms with E-state index in [0.29, 0.717) is 20.4 Å². The number of hydrogen-bond acceptors (Lipinski definition) is 9. The molecule has 2 heterocycles. The van der Waals surface area contributed by atoms with E-state index in [2.05, 4.69) is 0 Å². The average Bonchev–Trinajstić information content (AvgIpc) is 3.37. The number of thiocarbonyl (C=S) groups is 1. The molecule has 0 saturated carbocycles. The van der Waals surface area contributed by atoms with Gasteiger partial charge in [-0.3, -0.25) is 9.69 Å². The van der Waals surface area contributed by atoms with Crippen LogP contribution in [-0.2, 0) is 23.9 Å². The maximum absolute atomic E-state index is 13.7. The van der Waals surface area contributed by atoms with Crippen LogP contribution in [0.2, 0.25) is 0 Å². The van der Waals surface area contributed by atoms with Crippen molar-refractivity contribution in [1.82, 2.24) is 0 Å². The van der Waals surface area contributed by atoms with Gasteiger partial charge in [0, 0.05) is 17.2 Å². The number of fused-ring (bicyclic) bond motifs is 1. The first-order valence-electron chi connectivity index (χ1n) is 11.9. The Morgan fingerprint density at radius 3 is 2.05 bits per heavy atom. The van der Waals surface area contributed by atoms with Crippen molar-refractivity contribution in [2.24, 2.45) is 0 Å². The summed E-state index contributed by atoms with van der Waals surface area (Å²) in [5.74, 6) is -0.763. The van der Waals surface area contributed by atoms with Gasteiger partial charge in [0.15, 0.2) is 0 Å². The molecule has 0 saturated heterocycles. The van der Waals surface area contributed by atoms with E-state index in [0.717, 1.165) is 46.0 Å². The lowest BCUT2D eigenvalue weighted by atomic mass is 9.83. The monoisotopic (exact) mass is 581 g/mol. The lowest BCUT2D eigenvalue weighted by molar-refractivity contribution is -0.138. The van der Waals surface area contributed by atoms with Crippen LogP contribution in [0, 0.1) is 6.92 Å². The van der Waals surface area contributed by atoms with Crippen LogP contribution in [0.4, 0.5) is 5.69 Å². The molecule has 1 amide bonds. The molecular formula is C29H27NO6S3. The van der Waals surface area contributed by atoms with Gasteiger partial charge in [0.25, 0.3) is 5.91 Å². The van der Waals surface area contributed by atoms with Crippen LogP contribution in [0.3, 0.4) is 0 Å². The molecule has 0 unspecified atom stereocenters. The predicted molar refractivity (Wildman–Crippen MR) is 161 cm³/mol. The highest BCUT2D eigenvalue weighted by molar-refractivity contribution is 8.29. The minimum atomic E-state index is -0.902. The topological polar surface area (TPSA) is 82.1 Å². The Morgan fingerprint density at radius 2 is 1.51 bits per heavy atom. The summed E-state index contributed by atoms with van der Waals surface area (Å²) in [6, 6.07) is 13.2. The van der Waals surface area contributed by atoms with Crippen molar-refractivity contribution in [3.8, 4) is 5.75 Å². The van der Waals surface area contributed by atoms with Crippen LogP contribution >= 0.6 is 35.7 Å². The zero-order chi connectivity index (χ0) is 28.5. The van der Waals surface area contributed by atoms with Gasteiger partial charge in [0.1, 0.15) is 15.6 Å². The Bertz CT molecular complexity index is 1440. The maximum Gasteiger partial charge on any atom is 0.346 e. The lowest BCUT2D eigenvalue weighted by Gasteiger charge is -2.45. The molecule has 0 bridgehead atoms. The summed E-state index contributed by atoms with van der Waals surface area (Å²) in [4.78, 5) is 41.2. The summed E-state index contributed by atoms with van der Waals surface area (Å²) in [5, 5.41) is 0. The number of anilines is 1. The van der Waals surface area contributed by atoms with Crippen molar-refractivity contribution in [3.63, 3.8) is 0 Å². The predicted octanol–water partition coefficient (Wildman–Crippen LogP) is 5.92. The quantitative estimate of drug-likeness (QED) is 0.243. The van der Waals surface area contributed by atoms with E-state index in [9.17, 15) is 14.4 Å². The van der Waals surface area contributed by atoms with Gasteiger partial charge in [-0.25, -0.2) is 9.59 Å². The number of amides is 1. The summed E-state index contributed by atoms with van der Waals surface area (Å²) >= 11 is 8.26. The highest BCUT2D eigenvalue weighted by Crippen LogP contribution is 2.56. The molecule has 202 valence electrons. The molecule has 0 spiro atoms. The fraction of sp³-hybridized carbons (Fsp3) is 0.241. The third-order valence-electron chi connectivity index (χ3n) is 6.30. The van der Waals surface area contributed by atoms with Gasteiger partial charge in [-0.05, 0) is 56.2 Å². The number of thioether (sulfide) groups is 2. The van der Waals surface area contributed by atoms with E-state index >= 15 is 0 Å². The third kappa shape index (κ3) is 5.41. The van der Waals surface area contributed by atoms with Crippen molar-refractivity contribution < 1.29 is 28.6 Å². The summed E-state index contributed by atoms with van der Waals surface area (Å²) in [6.45, 7) is 5.73. The Morgan fingerprint density at radius 1 is 0.923 bits per heavy atom. The van der Waals surface area contributed by atoms with Crippen LogP contribution in [0.5, 0.6) is 5.75 Å². The lowest BCUT2D eigenvalue weighted by Crippen LogP contribution is -2.55. The molecule has 0 aliphatic carbocycles. The number of aryl methyl sites for hydroxylation is 1. The first-order valence-corrected chi connectivity index (χ1v) is 13.9. The molecule has 0 aromatic heterocycles. The molecule has 2 aromatic rings. The molecule has 4 rings (SSSR count). The van der Waals surface area contributed by atoms with Crippen molar-refractivity contribution in [2.45, 2.75) is 26.3 Å². The molecule has 0 fully saturated rings. The Hall–Kier alpha value is -3.34. The maximum atomic E-state index is 13.7. The number of carbonyl (C=O) groups is 3. The first-order chi connectivity index (χ1) is 18.5. The number of benzene rings is 2. The molecule has 0 N–H and O–H groups in total. The third-order valence-corrected chi connectivity index (χ3v) is 9.56. The largest absolute Gasteiger partial charge is 0.497 e. The molecule has 0 atom stereocenters. The van der Waals surface area contributed by atoms with Crippen LogP contribution in [0.1, 0.15) is 30.5 Å². The van der Waals surface area contributed by atoms with E-state index in [1.54, 1.807) is 18.1 Å². The molecule has 10 heteroatoms. The molecule has 2 aromatic carbocycles. The smallest absolute Gasteiger partial charge is 0.346 e. The number of methoxy groups -OCH3 is 3. The van der Waals surface area contributed by atoms with E-state index in [4.69, 9.17) is 26.4 Å². The molecule has 0 radical (unpaired) electrons. The Labute approximate surface area is 241 Å². The van der Waals surface area contributed by atoms with Crippen molar-refractivity contribution in [3.05, 3.63) is 79.3 Å². The van der Waals surface area contributed by atoms with Gasteiger partial charge >= 0.3 is 11.9 Å². The minimum absolute atomic E-state index is 0.145. The van der Waals surface area contributed by atoms with E-state index < -0.39 is 17.5 Å². The van der Waals surface area contributed by atoms with E-state index in [-0.39, 0.29) is 15.7 Å². The summed E-state index contributed by atoms with van der Waals surface area (Å²) in [6.07, 6.45) is 3.28. The average molecular weight is 582 g/mol. The SMILES string of the molecule is COC(=O)C1=C(C(=O)OC)SC(=C2C(=S)C(C)(C)N(C(=O)/C=C\c3ccc(OC)cc3)c3cc(C)ccc32)S1. The fourth-order valence-corrected chi connectivity index (χ4v) is 7.31. The summed E-state index contributed by atoms with van der Waals surface area (Å²) in [5.41, 5.74) is 3.04. The van der Waals surface area contributed by atoms with Crippen LogP contribution < -0.4 is 9.64 Å². The normalized spacial score (nSPS) is 16.5. The molecule has 7 nitrogen and oxygen atoms in total. The number of rotatable bonds is 5. The Kier molecular flexibility index (Phi) is 8.39. The highest BCUT2D eigenvalue weighted by atomic mass is 32.2. The number of carbonyl (C=O) groups excluding carboxylic acids is 3. The van der Waals surface area contributed by atoms with Gasteiger partial charge in [-0.1, -0.05) is 60.0 Å². The van der Waals surface area contributed by atoms with Crippen LogP contribution in [0.15, 0.2) is 62.6 Å². The van der Waals surface area contributed by atoms with Crippen molar-refractivity contribution >= 4 is 75.8 Å². The van der Waals surface area contributed by atoms with Gasteiger partial charge in [-0.15, -0.1) is 0 Å². The van der Waals surface area contributed by atoms with E-state index in [1.165, 1.54) is 20.3 Å². The second-order valence-electron chi connectivity index (χ2n) is 9.20.